The second-order valence-corrected chi connectivity index (χ2v) is 3.89. The zero-order valence-corrected chi connectivity index (χ0v) is 9.83. The summed E-state index contributed by atoms with van der Waals surface area (Å²) < 4.78 is 17.9. The van der Waals surface area contributed by atoms with Crippen LogP contribution < -0.4 is 4.74 Å². The summed E-state index contributed by atoms with van der Waals surface area (Å²) in [7, 11) is 1.46. The van der Waals surface area contributed by atoms with Crippen LogP contribution in [0.5, 0.6) is 11.5 Å². The van der Waals surface area contributed by atoms with E-state index < -0.39 is 5.82 Å². The van der Waals surface area contributed by atoms with Crippen LogP contribution in [-0.2, 0) is 0 Å². The van der Waals surface area contributed by atoms with Gasteiger partial charge in [0.25, 0.3) is 0 Å². The summed E-state index contributed by atoms with van der Waals surface area (Å²) in [6.45, 7) is 0. The largest absolute Gasteiger partial charge is 0.504 e. The molecule has 1 N–H and O–H groups in total. The first-order valence-corrected chi connectivity index (χ1v) is 5.32. The van der Waals surface area contributed by atoms with Gasteiger partial charge >= 0.3 is 0 Å². The van der Waals surface area contributed by atoms with E-state index in [1.54, 1.807) is 18.2 Å². The topological polar surface area (TPSA) is 29.5 Å². The monoisotopic (exact) mass is 252 g/mol. The number of aromatic hydroxyl groups is 1. The minimum atomic E-state index is -0.416. The maximum atomic E-state index is 12.9. The lowest BCUT2D eigenvalue weighted by molar-refractivity contribution is 0.374. The van der Waals surface area contributed by atoms with Gasteiger partial charge in [0, 0.05) is 11.1 Å². The van der Waals surface area contributed by atoms with Crippen molar-refractivity contribution in [1.82, 2.24) is 0 Å². The highest BCUT2D eigenvalue weighted by Crippen LogP contribution is 2.39. The van der Waals surface area contributed by atoms with Gasteiger partial charge in [-0.3, -0.25) is 0 Å². The Morgan fingerprint density at radius 2 is 1.94 bits per heavy atom. The molecule has 2 aromatic rings. The third-order valence-electron chi connectivity index (χ3n) is 2.44. The molecule has 0 saturated heterocycles. The highest BCUT2D eigenvalue weighted by molar-refractivity contribution is 6.33. The van der Waals surface area contributed by atoms with Crippen molar-refractivity contribution in [3.8, 4) is 22.6 Å². The molecule has 0 aliphatic carbocycles. The van der Waals surface area contributed by atoms with Crippen molar-refractivity contribution < 1.29 is 14.2 Å². The zero-order chi connectivity index (χ0) is 12.4. The third-order valence-corrected chi connectivity index (χ3v) is 2.75. The predicted molar refractivity (Wildman–Crippen MR) is 65.1 cm³/mol. The first kappa shape index (κ1) is 11.7. The SMILES string of the molecule is COc1cccc(-c2ccc(F)cc2Cl)c1O. The molecule has 0 atom stereocenters. The number of phenols is 1. The lowest BCUT2D eigenvalue weighted by Gasteiger charge is -2.10. The van der Waals surface area contributed by atoms with Crippen LogP contribution in [0.4, 0.5) is 4.39 Å². The average molecular weight is 253 g/mol. The van der Waals surface area contributed by atoms with E-state index in [4.69, 9.17) is 16.3 Å². The summed E-state index contributed by atoms with van der Waals surface area (Å²) in [6.07, 6.45) is 0. The quantitative estimate of drug-likeness (QED) is 0.879. The number of rotatable bonds is 2. The van der Waals surface area contributed by atoms with Crippen LogP contribution in [0.15, 0.2) is 36.4 Å². The van der Waals surface area contributed by atoms with Gasteiger partial charge in [-0.2, -0.15) is 0 Å². The summed E-state index contributed by atoms with van der Waals surface area (Å²) >= 11 is 5.94. The number of hydrogen-bond acceptors (Lipinski definition) is 2. The summed E-state index contributed by atoms with van der Waals surface area (Å²) in [4.78, 5) is 0. The Balaban J connectivity index is 2.60. The van der Waals surface area contributed by atoms with Gasteiger partial charge in [-0.1, -0.05) is 23.7 Å². The molecule has 0 fully saturated rings. The van der Waals surface area contributed by atoms with E-state index in [2.05, 4.69) is 0 Å². The normalized spacial score (nSPS) is 10.3. The summed E-state index contributed by atoms with van der Waals surface area (Å²) in [6, 6.07) is 9.07. The van der Waals surface area contributed by atoms with Gasteiger partial charge in [-0.15, -0.1) is 0 Å². The van der Waals surface area contributed by atoms with E-state index in [1.165, 1.54) is 25.3 Å². The molecule has 2 nitrogen and oxygen atoms in total. The van der Waals surface area contributed by atoms with E-state index >= 15 is 0 Å². The van der Waals surface area contributed by atoms with Crippen LogP contribution in [-0.4, -0.2) is 12.2 Å². The van der Waals surface area contributed by atoms with E-state index in [9.17, 15) is 9.50 Å². The van der Waals surface area contributed by atoms with Gasteiger partial charge in [0.2, 0.25) is 0 Å². The molecule has 2 aromatic carbocycles. The smallest absolute Gasteiger partial charge is 0.165 e. The predicted octanol–water partition coefficient (Wildman–Crippen LogP) is 3.86. The molecule has 4 heteroatoms. The minimum absolute atomic E-state index is 0.0106. The average Bonchev–Trinajstić information content (AvgIpc) is 2.30. The van der Waals surface area contributed by atoms with Crippen molar-refractivity contribution in [2.24, 2.45) is 0 Å². The Morgan fingerprint density at radius 3 is 2.59 bits per heavy atom. The van der Waals surface area contributed by atoms with E-state index in [0.29, 0.717) is 16.9 Å². The van der Waals surface area contributed by atoms with Gasteiger partial charge < -0.3 is 9.84 Å². The van der Waals surface area contributed by atoms with Crippen LogP contribution >= 0.6 is 11.6 Å². The number of phenolic OH excluding ortho intramolecular Hbond substituents is 1. The Kier molecular flexibility index (Phi) is 3.20. The fourth-order valence-electron chi connectivity index (χ4n) is 1.61. The summed E-state index contributed by atoms with van der Waals surface area (Å²) in [5.74, 6) is -0.0764. The lowest BCUT2D eigenvalue weighted by Crippen LogP contribution is -1.87. The Hall–Kier alpha value is -1.74. The number of benzene rings is 2. The van der Waals surface area contributed by atoms with Gasteiger partial charge in [-0.25, -0.2) is 4.39 Å². The molecule has 0 saturated carbocycles. The zero-order valence-electron chi connectivity index (χ0n) is 9.08. The minimum Gasteiger partial charge on any atom is -0.504 e. The van der Waals surface area contributed by atoms with Crippen molar-refractivity contribution in [3.05, 3.63) is 47.2 Å². The molecule has 0 bridgehead atoms. The second-order valence-electron chi connectivity index (χ2n) is 3.48. The number of halogens is 2. The number of hydrogen-bond donors (Lipinski definition) is 1. The van der Waals surface area contributed by atoms with Crippen LogP contribution in [0.3, 0.4) is 0 Å². The maximum Gasteiger partial charge on any atom is 0.165 e. The second kappa shape index (κ2) is 4.63. The van der Waals surface area contributed by atoms with Crippen molar-refractivity contribution in [2.45, 2.75) is 0 Å². The molecular formula is C13H10ClFO2. The Bertz CT molecular complexity index is 555. The molecule has 0 aliphatic rings. The molecule has 17 heavy (non-hydrogen) atoms. The van der Waals surface area contributed by atoms with Crippen LogP contribution in [0, 0.1) is 5.82 Å². The fraction of sp³-hybridized carbons (Fsp3) is 0.0769. The van der Waals surface area contributed by atoms with Crippen molar-refractivity contribution in [3.63, 3.8) is 0 Å². The summed E-state index contributed by atoms with van der Waals surface area (Å²) in [5, 5.41) is 10.2. The van der Waals surface area contributed by atoms with Gasteiger partial charge in [0.1, 0.15) is 5.82 Å². The Morgan fingerprint density at radius 1 is 1.18 bits per heavy atom. The van der Waals surface area contributed by atoms with E-state index in [1.807, 2.05) is 0 Å². The van der Waals surface area contributed by atoms with Gasteiger partial charge in [0.05, 0.1) is 12.1 Å². The molecule has 0 aromatic heterocycles. The molecule has 0 heterocycles. The number of methoxy groups -OCH3 is 1. The number of para-hydroxylation sites is 1. The van der Waals surface area contributed by atoms with Crippen LogP contribution in [0.1, 0.15) is 0 Å². The third kappa shape index (κ3) is 2.19. The van der Waals surface area contributed by atoms with Crippen molar-refractivity contribution in [1.29, 1.82) is 0 Å². The maximum absolute atomic E-state index is 12.9. The molecule has 0 unspecified atom stereocenters. The van der Waals surface area contributed by atoms with Crippen LogP contribution in [0.2, 0.25) is 5.02 Å². The molecular weight excluding hydrogens is 243 g/mol. The van der Waals surface area contributed by atoms with Gasteiger partial charge in [-0.05, 0) is 24.3 Å². The highest BCUT2D eigenvalue weighted by atomic mass is 35.5. The van der Waals surface area contributed by atoms with Crippen molar-refractivity contribution >= 4 is 11.6 Å². The van der Waals surface area contributed by atoms with E-state index in [0.717, 1.165) is 0 Å². The molecule has 2 rings (SSSR count). The van der Waals surface area contributed by atoms with Crippen LogP contribution in [0.25, 0.3) is 11.1 Å². The highest BCUT2D eigenvalue weighted by Gasteiger charge is 2.12. The Labute approximate surface area is 103 Å². The molecule has 0 amide bonds. The van der Waals surface area contributed by atoms with E-state index in [-0.39, 0.29) is 10.8 Å². The first-order chi connectivity index (χ1) is 8.13. The van der Waals surface area contributed by atoms with Crippen molar-refractivity contribution in [2.75, 3.05) is 7.11 Å². The molecule has 0 radical (unpaired) electrons. The molecule has 0 aliphatic heterocycles. The summed E-state index contributed by atoms with van der Waals surface area (Å²) in [5.41, 5.74) is 1.07. The first-order valence-electron chi connectivity index (χ1n) is 4.95. The molecule has 0 spiro atoms. The number of ether oxygens (including phenoxy) is 1. The lowest BCUT2D eigenvalue weighted by atomic mass is 10.0. The molecule has 88 valence electrons. The fourth-order valence-corrected chi connectivity index (χ4v) is 1.88. The standard InChI is InChI=1S/C13H10ClFO2/c1-17-12-4-2-3-10(13(12)16)9-6-5-8(15)7-11(9)14/h2-7,16H,1H3. The van der Waals surface area contributed by atoms with Gasteiger partial charge in [0.15, 0.2) is 11.5 Å².